The Morgan fingerprint density at radius 2 is 2.07 bits per heavy atom. The predicted molar refractivity (Wildman–Crippen MR) is 116 cm³/mol. The van der Waals surface area contributed by atoms with Crippen LogP contribution in [0.5, 0.6) is 5.75 Å². The Morgan fingerprint density at radius 1 is 1.29 bits per heavy atom. The number of hydrogen-bond donors (Lipinski definition) is 0. The molecule has 0 saturated carbocycles. The van der Waals surface area contributed by atoms with Crippen molar-refractivity contribution in [1.29, 1.82) is 5.26 Å². The van der Waals surface area contributed by atoms with Gasteiger partial charge in [0.1, 0.15) is 17.6 Å². The molecular formula is C20H16Br2N4O2. The van der Waals surface area contributed by atoms with Gasteiger partial charge in [0.15, 0.2) is 6.61 Å². The molecule has 1 aromatic heterocycles. The molecule has 0 atom stereocenters. The minimum atomic E-state index is -0.223. The van der Waals surface area contributed by atoms with Crippen LogP contribution < -0.4 is 10.3 Å². The zero-order valence-electron chi connectivity index (χ0n) is 15.2. The lowest BCUT2D eigenvalue weighted by molar-refractivity contribution is 0.366. The maximum Gasteiger partial charge on any atom is 0.282 e. The Morgan fingerprint density at radius 3 is 2.75 bits per heavy atom. The van der Waals surface area contributed by atoms with Gasteiger partial charge in [-0.05, 0) is 57.9 Å². The number of ether oxygens (including phenoxy) is 1. The molecule has 0 aliphatic carbocycles. The SMILES string of the molecule is CC(C)c1nc2ccc(Br)cc2c(=O)n1N=Cc1ccc(OCC#N)c(Br)c1. The Bertz CT molecular complexity index is 1160. The van der Waals surface area contributed by atoms with E-state index in [9.17, 15) is 4.79 Å². The number of aromatic nitrogens is 2. The van der Waals surface area contributed by atoms with Gasteiger partial charge in [0, 0.05) is 10.4 Å². The van der Waals surface area contributed by atoms with Gasteiger partial charge < -0.3 is 4.74 Å². The predicted octanol–water partition coefficient (Wildman–Crippen LogP) is 4.83. The van der Waals surface area contributed by atoms with Gasteiger partial charge in [0.05, 0.1) is 21.6 Å². The molecule has 3 aromatic rings. The fraction of sp³-hybridized carbons (Fsp3) is 0.200. The highest BCUT2D eigenvalue weighted by molar-refractivity contribution is 9.10. The number of fused-ring (bicyclic) bond motifs is 1. The van der Waals surface area contributed by atoms with Gasteiger partial charge in [-0.3, -0.25) is 4.79 Å². The number of nitrogens with zero attached hydrogens (tertiary/aromatic N) is 4. The van der Waals surface area contributed by atoms with Gasteiger partial charge >= 0.3 is 0 Å². The summed E-state index contributed by atoms with van der Waals surface area (Å²) in [6.45, 7) is 3.91. The monoisotopic (exact) mass is 502 g/mol. The van der Waals surface area contributed by atoms with E-state index in [1.54, 1.807) is 30.5 Å². The number of benzene rings is 2. The lowest BCUT2D eigenvalue weighted by Crippen LogP contribution is -2.23. The lowest BCUT2D eigenvalue weighted by Gasteiger charge is -2.12. The fourth-order valence-electron chi connectivity index (χ4n) is 2.60. The van der Waals surface area contributed by atoms with Crippen LogP contribution in [0.1, 0.15) is 31.2 Å². The minimum absolute atomic E-state index is 0.0198. The van der Waals surface area contributed by atoms with Gasteiger partial charge in [-0.2, -0.15) is 15.0 Å². The van der Waals surface area contributed by atoms with Crippen LogP contribution in [-0.4, -0.2) is 22.5 Å². The molecule has 6 nitrogen and oxygen atoms in total. The smallest absolute Gasteiger partial charge is 0.282 e. The average molecular weight is 504 g/mol. The molecule has 28 heavy (non-hydrogen) atoms. The first-order valence-electron chi connectivity index (χ1n) is 8.46. The largest absolute Gasteiger partial charge is 0.478 e. The van der Waals surface area contributed by atoms with Crippen molar-refractivity contribution in [3.8, 4) is 11.8 Å². The van der Waals surface area contributed by atoms with Crippen molar-refractivity contribution in [1.82, 2.24) is 9.66 Å². The van der Waals surface area contributed by atoms with Gasteiger partial charge in [-0.25, -0.2) is 4.98 Å². The molecule has 0 spiro atoms. The van der Waals surface area contributed by atoms with Gasteiger partial charge in [-0.15, -0.1) is 0 Å². The van der Waals surface area contributed by atoms with Gasteiger partial charge in [0.25, 0.3) is 5.56 Å². The van der Waals surface area contributed by atoms with Gasteiger partial charge in [0.2, 0.25) is 0 Å². The quantitative estimate of drug-likeness (QED) is 0.467. The van der Waals surface area contributed by atoms with Crippen LogP contribution in [0.3, 0.4) is 0 Å². The molecule has 0 unspecified atom stereocenters. The third kappa shape index (κ3) is 4.32. The summed E-state index contributed by atoms with van der Waals surface area (Å²) in [5, 5.41) is 13.5. The Kier molecular flexibility index (Phi) is 6.27. The summed E-state index contributed by atoms with van der Waals surface area (Å²) >= 11 is 6.81. The third-order valence-corrected chi connectivity index (χ3v) is 5.03. The summed E-state index contributed by atoms with van der Waals surface area (Å²) in [4.78, 5) is 17.6. The van der Waals surface area contributed by atoms with Crippen molar-refractivity contribution >= 4 is 49.0 Å². The van der Waals surface area contributed by atoms with Crippen molar-refractivity contribution in [3.63, 3.8) is 0 Å². The summed E-state index contributed by atoms with van der Waals surface area (Å²) in [5.41, 5.74) is 1.19. The van der Waals surface area contributed by atoms with Crippen LogP contribution in [0.15, 0.2) is 55.2 Å². The fourth-order valence-corrected chi connectivity index (χ4v) is 3.47. The van der Waals surface area contributed by atoms with E-state index in [0.717, 1.165) is 10.0 Å². The number of rotatable bonds is 5. The Hall–Kier alpha value is -2.50. The van der Waals surface area contributed by atoms with Crippen molar-refractivity contribution in [2.75, 3.05) is 6.61 Å². The summed E-state index contributed by atoms with van der Waals surface area (Å²) in [7, 11) is 0. The highest BCUT2D eigenvalue weighted by atomic mass is 79.9. The van der Waals surface area contributed by atoms with E-state index in [1.165, 1.54) is 4.68 Å². The van der Waals surface area contributed by atoms with Crippen molar-refractivity contribution in [2.24, 2.45) is 5.10 Å². The Labute approximate surface area is 178 Å². The molecule has 0 N–H and O–H groups in total. The van der Waals surface area contributed by atoms with E-state index >= 15 is 0 Å². The molecule has 1 heterocycles. The van der Waals surface area contributed by atoms with E-state index in [2.05, 4.69) is 41.9 Å². The second kappa shape index (κ2) is 8.67. The van der Waals surface area contributed by atoms with Crippen molar-refractivity contribution in [2.45, 2.75) is 19.8 Å². The Balaban J connectivity index is 2.05. The van der Waals surface area contributed by atoms with Crippen LogP contribution >= 0.6 is 31.9 Å². The maximum absolute atomic E-state index is 13.0. The van der Waals surface area contributed by atoms with Crippen molar-refractivity contribution < 1.29 is 4.74 Å². The number of hydrogen-bond acceptors (Lipinski definition) is 5. The second-order valence-electron chi connectivity index (χ2n) is 6.28. The number of nitriles is 1. The molecule has 0 aliphatic rings. The van der Waals surface area contributed by atoms with Crippen molar-refractivity contribution in [3.05, 3.63) is 67.1 Å². The first-order chi connectivity index (χ1) is 13.4. The lowest BCUT2D eigenvalue weighted by atomic mass is 10.2. The molecule has 0 amide bonds. The summed E-state index contributed by atoms with van der Waals surface area (Å²) in [6, 6.07) is 12.7. The minimum Gasteiger partial charge on any atom is -0.478 e. The summed E-state index contributed by atoms with van der Waals surface area (Å²) < 4.78 is 8.16. The molecule has 142 valence electrons. The molecule has 0 aliphatic heterocycles. The highest BCUT2D eigenvalue weighted by Gasteiger charge is 2.13. The first kappa shape index (κ1) is 20.2. The molecule has 2 aromatic carbocycles. The molecule has 0 saturated heterocycles. The van der Waals surface area contributed by atoms with E-state index in [-0.39, 0.29) is 18.1 Å². The summed E-state index contributed by atoms with van der Waals surface area (Å²) in [6.07, 6.45) is 1.59. The normalized spacial score (nSPS) is 11.3. The van der Waals surface area contributed by atoms with E-state index < -0.39 is 0 Å². The molecule has 0 fully saturated rings. The average Bonchev–Trinajstić information content (AvgIpc) is 2.66. The molecule has 8 heteroatoms. The van der Waals surface area contributed by atoms with Gasteiger partial charge in [-0.1, -0.05) is 29.8 Å². The third-order valence-electron chi connectivity index (χ3n) is 3.92. The second-order valence-corrected chi connectivity index (χ2v) is 8.05. The topological polar surface area (TPSA) is 80.3 Å². The first-order valence-corrected chi connectivity index (χ1v) is 10.0. The van der Waals surface area contributed by atoms with E-state index in [1.807, 2.05) is 32.0 Å². The standard InChI is InChI=1S/C20H16Br2N4O2/c1-12(2)19-25-17-5-4-14(21)10-15(17)20(27)26(19)24-11-13-3-6-18(16(22)9-13)28-8-7-23/h3-6,9-12H,8H2,1-2H3. The number of halogens is 2. The zero-order chi connectivity index (χ0) is 20.3. The molecule has 0 bridgehead atoms. The van der Waals surface area contributed by atoms with Crippen LogP contribution in [0.25, 0.3) is 10.9 Å². The zero-order valence-corrected chi connectivity index (χ0v) is 18.4. The molecule has 0 radical (unpaired) electrons. The van der Waals surface area contributed by atoms with Crippen LogP contribution in [0, 0.1) is 11.3 Å². The maximum atomic E-state index is 13.0. The van der Waals surface area contributed by atoms with Crippen LogP contribution in [0.2, 0.25) is 0 Å². The highest BCUT2D eigenvalue weighted by Crippen LogP contribution is 2.25. The summed E-state index contributed by atoms with van der Waals surface area (Å²) in [5.74, 6) is 1.17. The van der Waals surface area contributed by atoms with E-state index in [0.29, 0.717) is 26.9 Å². The molecule has 3 rings (SSSR count). The van der Waals surface area contributed by atoms with Crippen LogP contribution in [0.4, 0.5) is 0 Å². The van der Waals surface area contributed by atoms with E-state index in [4.69, 9.17) is 10.00 Å². The molecular weight excluding hydrogens is 488 g/mol. The van der Waals surface area contributed by atoms with Crippen LogP contribution in [-0.2, 0) is 0 Å².